The first kappa shape index (κ1) is 22.3. The zero-order valence-electron chi connectivity index (χ0n) is 18.1. The van der Waals surface area contributed by atoms with E-state index in [1.807, 2.05) is 12.1 Å². The molecule has 2 aliphatic heterocycles. The lowest BCUT2D eigenvalue weighted by Crippen LogP contribution is -2.27. The number of sulfone groups is 1. The average molecular weight is 458 g/mol. The second-order valence-electron chi connectivity index (χ2n) is 8.44. The summed E-state index contributed by atoms with van der Waals surface area (Å²) in [6.45, 7) is 3.48. The number of H-pyrrole nitrogens is 1. The van der Waals surface area contributed by atoms with E-state index in [2.05, 4.69) is 21.7 Å². The molecule has 32 heavy (non-hydrogen) atoms. The molecule has 1 amide bonds. The van der Waals surface area contributed by atoms with Gasteiger partial charge in [-0.3, -0.25) is 9.59 Å². The lowest BCUT2D eigenvalue weighted by Gasteiger charge is -2.25. The molecular formula is C23H27N3O5S. The number of amides is 1. The normalized spacial score (nSPS) is 18.1. The number of hydrogen-bond acceptors (Lipinski definition) is 5. The van der Waals surface area contributed by atoms with Crippen molar-refractivity contribution in [2.75, 3.05) is 24.7 Å². The number of hydrogen-bond donors (Lipinski definition) is 4. The first-order chi connectivity index (χ1) is 15.2. The lowest BCUT2D eigenvalue weighted by atomic mass is 9.85. The molecule has 1 aromatic carbocycles. The largest absolute Gasteiger partial charge is 0.481 e. The fourth-order valence-corrected chi connectivity index (χ4v) is 6.09. The van der Waals surface area contributed by atoms with Gasteiger partial charge >= 0.3 is 5.97 Å². The minimum Gasteiger partial charge on any atom is -0.481 e. The summed E-state index contributed by atoms with van der Waals surface area (Å²) in [5, 5.41) is 15.4. The predicted octanol–water partition coefficient (Wildman–Crippen LogP) is 2.70. The van der Waals surface area contributed by atoms with Gasteiger partial charge in [0.1, 0.15) is 0 Å². The van der Waals surface area contributed by atoms with Crippen molar-refractivity contribution in [2.24, 2.45) is 0 Å². The minimum absolute atomic E-state index is 0.0472. The molecule has 0 unspecified atom stereocenters. The summed E-state index contributed by atoms with van der Waals surface area (Å²) in [5.41, 5.74) is 4.46. The van der Waals surface area contributed by atoms with Crippen molar-refractivity contribution in [3.63, 3.8) is 0 Å². The Morgan fingerprint density at radius 2 is 1.97 bits per heavy atom. The van der Waals surface area contributed by atoms with Gasteiger partial charge in [-0.25, -0.2) is 8.42 Å². The smallest absolute Gasteiger partial charge is 0.303 e. The van der Waals surface area contributed by atoms with E-state index >= 15 is 0 Å². The molecule has 4 N–H and O–H groups in total. The lowest BCUT2D eigenvalue weighted by molar-refractivity contribution is -0.137. The summed E-state index contributed by atoms with van der Waals surface area (Å²) >= 11 is 0. The van der Waals surface area contributed by atoms with Crippen LogP contribution in [0.15, 0.2) is 23.1 Å². The molecule has 4 rings (SSSR count). The molecule has 0 atom stereocenters. The Bertz CT molecular complexity index is 1220. The van der Waals surface area contributed by atoms with Crippen molar-refractivity contribution < 1.29 is 23.1 Å². The molecule has 1 aromatic heterocycles. The number of aryl methyl sites for hydroxylation is 1. The number of fused-ring (bicyclic) bond motifs is 1. The fourth-order valence-electron chi connectivity index (χ4n) is 4.82. The van der Waals surface area contributed by atoms with Gasteiger partial charge in [0, 0.05) is 35.3 Å². The maximum absolute atomic E-state index is 12.9. The molecule has 1 fully saturated rings. The number of aromatic amines is 1. The van der Waals surface area contributed by atoms with Crippen molar-refractivity contribution >= 4 is 39.1 Å². The second kappa shape index (κ2) is 8.55. The van der Waals surface area contributed by atoms with Gasteiger partial charge in [0.15, 0.2) is 9.84 Å². The van der Waals surface area contributed by atoms with Gasteiger partial charge < -0.3 is 20.7 Å². The van der Waals surface area contributed by atoms with Crippen LogP contribution in [0.5, 0.6) is 0 Å². The maximum Gasteiger partial charge on any atom is 0.303 e. The Morgan fingerprint density at radius 1 is 1.25 bits per heavy atom. The van der Waals surface area contributed by atoms with E-state index in [9.17, 15) is 18.0 Å². The molecule has 170 valence electrons. The van der Waals surface area contributed by atoms with Gasteiger partial charge in [0.2, 0.25) is 0 Å². The van der Waals surface area contributed by atoms with E-state index in [-0.39, 0.29) is 23.6 Å². The van der Waals surface area contributed by atoms with Crippen molar-refractivity contribution in [2.45, 2.75) is 43.4 Å². The van der Waals surface area contributed by atoms with Gasteiger partial charge in [-0.15, -0.1) is 0 Å². The number of carboxylic acids is 1. The summed E-state index contributed by atoms with van der Waals surface area (Å²) in [6.07, 6.45) is 4.57. The van der Waals surface area contributed by atoms with Crippen LogP contribution in [0.25, 0.3) is 11.6 Å². The van der Waals surface area contributed by atoms with Crippen LogP contribution in [-0.4, -0.2) is 49.7 Å². The van der Waals surface area contributed by atoms with Crippen LogP contribution < -0.4 is 10.6 Å². The van der Waals surface area contributed by atoms with E-state index < -0.39 is 15.8 Å². The number of piperidine rings is 1. The fraction of sp³-hybridized carbons (Fsp3) is 0.391. The van der Waals surface area contributed by atoms with Crippen LogP contribution in [0, 0.1) is 6.92 Å². The third-order valence-electron chi connectivity index (χ3n) is 6.15. The Balaban J connectivity index is 1.86. The molecule has 1 saturated heterocycles. The van der Waals surface area contributed by atoms with Crippen molar-refractivity contribution in [1.29, 1.82) is 0 Å². The van der Waals surface area contributed by atoms with E-state index in [4.69, 9.17) is 5.11 Å². The molecule has 0 saturated carbocycles. The number of carbonyl (C=O) groups excluding carboxylic acids is 1. The molecule has 8 nitrogen and oxygen atoms in total. The van der Waals surface area contributed by atoms with Crippen LogP contribution in [0.1, 0.15) is 53.3 Å². The third-order valence-corrected chi connectivity index (χ3v) is 7.44. The quantitative estimate of drug-likeness (QED) is 0.494. The van der Waals surface area contributed by atoms with Crippen LogP contribution in [-0.2, 0) is 25.8 Å². The highest BCUT2D eigenvalue weighted by Gasteiger charge is 2.31. The molecule has 2 aromatic rings. The number of aliphatic carboxylic acids is 1. The van der Waals surface area contributed by atoms with Crippen LogP contribution in [0.2, 0.25) is 0 Å². The molecule has 9 heteroatoms. The topological polar surface area (TPSA) is 128 Å². The molecule has 0 bridgehead atoms. The highest BCUT2D eigenvalue weighted by Crippen LogP contribution is 2.41. The van der Waals surface area contributed by atoms with E-state index in [0.29, 0.717) is 28.4 Å². The first-order valence-electron chi connectivity index (χ1n) is 10.7. The van der Waals surface area contributed by atoms with Gasteiger partial charge in [0.05, 0.1) is 10.5 Å². The number of carbonyl (C=O) groups is 2. The Labute approximate surface area is 187 Å². The summed E-state index contributed by atoms with van der Waals surface area (Å²) < 4.78 is 24.8. The average Bonchev–Trinajstić information content (AvgIpc) is 3.23. The van der Waals surface area contributed by atoms with Crippen LogP contribution in [0.4, 0.5) is 5.69 Å². The Kier molecular flexibility index (Phi) is 5.96. The molecule has 2 aliphatic rings. The molecular weight excluding hydrogens is 430 g/mol. The Hall–Kier alpha value is -2.91. The highest BCUT2D eigenvalue weighted by molar-refractivity contribution is 7.90. The van der Waals surface area contributed by atoms with Crippen LogP contribution >= 0.6 is 0 Å². The second-order valence-corrected chi connectivity index (χ2v) is 10.4. The van der Waals surface area contributed by atoms with E-state index in [1.165, 1.54) is 0 Å². The number of carboxylic acid groups (broad SMARTS) is 1. The minimum atomic E-state index is -3.59. The number of benzene rings is 1. The van der Waals surface area contributed by atoms with Gasteiger partial charge in [-0.1, -0.05) is 12.1 Å². The van der Waals surface area contributed by atoms with E-state index in [0.717, 1.165) is 49.0 Å². The van der Waals surface area contributed by atoms with Gasteiger partial charge in [-0.2, -0.15) is 0 Å². The van der Waals surface area contributed by atoms with Gasteiger partial charge in [0.25, 0.3) is 5.91 Å². The van der Waals surface area contributed by atoms with Crippen LogP contribution in [0.3, 0.4) is 0 Å². The van der Waals surface area contributed by atoms with Crippen molar-refractivity contribution in [1.82, 2.24) is 10.3 Å². The maximum atomic E-state index is 12.9. The summed E-state index contributed by atoms with van der Waals surface area (Å²) in [4.78, 5) is 27.3. The molecule has 0 aliphatic carbocycles. The summed E-state index contributed by atoms with van der Waals surface area (Å²) in [5.74, 6) is -0.941. The molecule has 3 heterocycles. The third kappa shape index (κ3) is 4.22. The summed E-state index contributed by atoms with van der Waals surface area (Å²) in [6, 6.07) is 5.86. The van der Waals surface area contributed by atoms with E-state index in [1.54, 1.807) is 13.0 Å². The standard InChI is InChI=1S/C23H27N3O5S/c1-13-22(32(2,30)31)16(6-7-20(27)28)19(25-13)12-17-21-15(14-8-10-24-11-9-14)4-3-5-18(21)26-23(17)29/h3-5,12,14,24-25H,6-11H2,1-2H3,(H,26,29)(H,27,28)/b17-12-. The SMILES string of the molecule is Cc1[nH]c(/C=C2\C(=O)Nc3cccc(C4CCNCC4)c32)c(CCC(=O)O)c1S(C)(=O)=O. The molecule has 0 spiro atoms. The number of anilines is 1. The zero-order valence-corrected chi connectivity index (χ0v) is 18.9. The molecule has 0 radical (unpaired) electrons. The summed E-state index contributed by atoms with van der Waals surface area (Å²) in [7, 11) is -3.59. The highest BCUT2D eigenvalue weighted by atomic mass is 32.2. The monoisotopic (exact) mass is 457 g/mol. The predicted molar refractivity (Wildman–Crippen MR) is 122 cm³/mol. The number of nitrogens with one attached hydrogen (secondary N) is 3. The zero-order chi connectivity index (χ0) is 23.0. The van der Waals surface area contributed by atoms with Crippen molar-refractivity contribution in [3.05, 3.63) is 46.3 Å². The van der Waals surface area contributed by atoms with Gasteiger partial charge in [-0.05, 0) is 68.5 Å². The first-order valence-corrected chi connectivity index (χ1v) is 12.6. The number of rotatable bonds is 6. The Morgan fingerprint density at radius 3 is 2.62 bits per heavy atom. The number of aromatic nitrogens is 1. The van der Waals surface area contributed by atoms with Crippen molar-refractivity contribution in [3.8, 4) is 0 Å².